The van der Waals surface area contributed by atoms with Crippen LogP contribution < -0.4 is 0 Å². The minimum atomic E-state index is 0.507. The van der Waals surface area contributed by atoms with E-state index in [9.17, 15) is 0 Å². The summed E-state index contributed by atoms with van der Waals surface area (Å²) >= 11 is 0.507. The summed E-state index contributed by atoms with van der Waals surface area (Å²) in [6, 6.07) is 0. The van der Waals surface area contributed by atoms with Gasteiger partial charge in [-0.15, -0.1) is 0 Å². The van der Waals surface area contributed by atoms with E-state index < -0.39 is 0 Å². The van der Waals surface area contributed by atoms with E-state index in [1.165, 1.54) is 0 Å². The fraction of sp³-hybridized carbons (Fsp3) is 0. The maximum atomic E-state index is 1.16. The Morgan fingerprint density at radius 3 is 1.25 bits per heavy atom. The van der Waals surface area contributed by atoms with E-state index in [0.29, 0.717) is 13.3 Å². The van der Waals surface area contributed by atoms with E-state index in [1.54, 1.807) is 0 Å². The van der Waals surface area contributed by atoms with Crippen molar-refractivity contribution in [1.29, 1.82) is 0 Å². The molecule has 20 valence electrons. The molecule has 4 rings (SSSR count). The van der Waals surface area contributed by atoms with Gasteiger partial charge in [0, 0.05) is 0 Å². The van der Waals surface area contributed by atoms with Gasteiger partial charge in [-0.05, 0) is 0 Å². The second-order valence-corrected chi connectivity index (χ2v) is 44.9. The molecule has 0 aliphatic carbocycles. The third-order valence-electron chi connectivity index (χ3n) is 0.838. The molecule has 0 unspecified atom stereocenters. The molecular weight excluding hydrogens is 168 g/mol. The van der Waals surface area contributed by atoms with Gasteiger partial charge in [-0.3, -0.25) is 0 Å². The van der Waals surface area contributed by atoms with E-state index in [0.717, 1.165) is 16.3 Å². The molecule has 0 saturated carbocycles. The molecule has 0 amide bonds. The van der Waals surface area contributed by atoms with Crippen molar-refractivity contribution in [2.24, 2.45) is 0 Å². The van der Waals surface area contributed by atoms with E-state index in [4.69, 9.17) is 0 Å². The first-order valence-electron chi connectivity index (χ1n) is 1.20. The van der Waals surface area contributed by atoms with Gasteiger partial charge in [0.25, 0.3) is 0 Å². The number of rotatable bonds is 0. The first-order valence-corrected chi connectivity index (χ1v) is 14.8. The van der Waals surface area contributed by atoms with Crippen molar-refractivity contribution in [3.63, 3.8) is 0 Å². The van der Waals surface area contributed by atoms with Crippen molar-refractivity contribution >= 4 is 29.6 Å². The summed E-state index contributed by atoms with van der Waals surface area (Å²) in [4.78, 5) is 0. The molecule has 0 radical (unpaired) electrons. The summed E-state index contributed by atoms with van der Waals surface area (Å²) in [6.07, 6.45) is 0. The fourth-order valence-corrected chi connectivity index (χ4v) is 124. The van der Waals surface area contributed by atoms with Crippen molar-refractivity contribution < 1.29 is 0 Å². The molecule has 0 atom stereocenters. The average molecular weight is 168 g/mol. The Labute approximate surface area is 30.0 Å². The molecule has 0 spiro atoms. The van der Waals surface area contributed by atoms with Gasteiger partial charge in [0.2, 0.25) is 0 Å². The zero-order valence-electron chi connectivity index (χ0n) is 1.79. The van der Waals surface area contributed by atoms with Gasteiger partial charge in [0.1, 0.15) is 0 Å². The number of hydrogen-bond acceptors (Lipinski definition) is 0. The fourth-order valence-electron chi connectivity index (χ4n) is 0.335. The van der Waals surface area contributed by atoms with Crippen LogP contribution in [0.25, 0.3) is 0 Å². The third kappa shape index (κ3) is 0.0686. The average Bonchev–Trinajstić information content (AvgIpc) is 1.71. The topological polar surface area (TPSA) is 0 Å². The van der Waals surface area contributed by atoms with Crippen molar-refractivity contribution in [1.82, 2.24) is 0 Å². The Bertz CT molecular complexity index is 123. The van der Waals surface area contributed by atoms with Crippen LogP contribution >= 0.6 is 16.3 Å². The zero-order valence-corrected chi connectivity index (χ0v) is 6.35. The predicted octanol–water partition coefficient (Wildman–Crippen LogP) is 2.20. The van der Waals surface area contributed by atoms with Crippen LogP contribution in [0.4, 0.5) is 0 Å². The van der Waals surface area contributed by atoms with Crippen LogP contribution in [-0.4, -0.2) is 13.3 Å². The van der Waals surface area contributed by atoms with E-state index >= 15 is 0 Å². The van der Waals surface area contributed by atoms with E-state index in [1.807, 2.05) is 0 Å². The molecule has 0 fully saturated rings. The van der Waals surface area contributed by atoms with Crippen molar-refractivity contribution in [2.75, 3.05) is 0 Å². The standard InChI is InChI=1S/AsP3/c1-2-3(1)4(1)2. The Kier molecular flexibility index (Phi) is 0.144. The van der Waals surface area contributed by atoms with E-state index in [2.05, 4.69) is 0 Å². The summed E-state index contributed by atoms with van der Waals surface area (Å²) in [5, 5.41) is 0. The van der Waals surface area contributed by atoms with Crippen LogP contribution in [0.15, 0.2) is 0 Å². The molecule has 4 heavy (non-hydrogen) atoms. The van der Waals surface area contributed by atoms with Crippen LogP contribution in [0, 0.1) is 0 Å². The third-order valence-corrected chi connectivity index (χ3v) is 82.3. The minimum absolute atomic E-state index is 0.507. The summed E-state index contributed by atoms with van der Waals surface area (Å²) in [5.74, 6) is 0. The Hall–Kier alpha value is 1.46. The molecular formula is AsP3. The molecule has 0 bridgehead atoms. The molecule has 0 aromatic carbocycles. The monoisotopic (exact) mass is 168 g/mol. The van der Waals surface area contributed by atoms with Crippen LogP contribution in [0.3, 0.4) is 0 Å². The quantitative estimate of drug-likeness (QED) is 0.451. The summed E-state index contributed by atoms with van der Waals surface area (Å²) < 4.78 is 0. The first kappa shape index (κ1) is 1.95. The van der Waals surface area contributed by atoms with Crippen molar-refractivity contribution in [3.05, 3.63) is 0 Å². The molecule has 0 nitrogen and oxygen atoms in total. The number of hydrogen-bond donors (Lipinski definition) is 0. The molecule has 3 aliphatic heterocycles. The van der Waals surface area contributed by atoms with E-state index in [-0.39, 0.29) is 0 Å². The van der Waals surface area contributed by atoms with Gasteiger partial charge < -0.3 is 0 Å². The van der Waals surface area contributed by atoms with Crippen LogP contribution in [-0.2, 0) is 0 Å². The summed E-state index contributed by atoms with van der Waals surface area (Å²) in [6.45, 7) is 0. The van der Waals surface area contributed by atoms with Crippen molar-refractivity contribution in [2.45, 2.75) is 0 Å². The Morgan fingerprint density at radius 1 is 1.00 bits per heavy atom. The van der Waals surface area contributed by atoms with Gasteiger partial charge in [-0.1, -0.05) is 0 Å². The summed E-state index contributed by atoms with van der Waals surface area (Å²) in [7, 11) is 0. The first-order chi connectivity index (χ1) is 2.00. The Balaban J connectivity index is 3.63. The molecule has 1 aromatic rings. The van der Waals surface area contributed by atoms with Crippen molar-refractivity contribution in [3.8, 4) is 0 Å². The predicted molar refractivity (Wildman–Crippen MR) is 26.5 cm³/mol. The van der Waals surface area contributed by atoms with Gasteiger partial charge >= 0.3 is 29.6 Å². The SMILES string of the molecule is p12p3p1[As]23. The maximum absolute atomic E-state index is 1.16. The van der Waals surface area contributed by atoms with Crippen LogP contribution in [0.2, 0.25) is 0 Å². The second kappa shape index (κ2) is 0.294. The van der Waals surface area contributed by atoms with Crippen LogP contribution in [0.5, 0.6) is 0 Å². The Morgan fingerprint density at radius 2 is 1.25 bits per heavy atom. The zero-order chi connectivity index (χ0) is 2.31. The molecule has 0 saturated heterocycles. The molecule has 3 aliphatic rings. The van der Waals surface area contributed by atoms with Gasteiger partial charge in [0.05, 0.1) is 0 Å². The van der Waals surface area contributed by atoms with Gasteiger partial charge in [0.15, 0.2) is 0 Å². The van der Waals surface area contributed by atoms with Crippen LogP contribution in [0.1, 0.15) is 0 Å². The van der Waals surface area contributed by atoms with Gasteiger partial charge in [-0.2, -0.15) is 0 Å². The molecule has 4 heterocycles. The summed E-state index contributed by atoms with van der Waals surface area (Å²) in [5.41, 5.74) is 3.47. The molecule has 1 aromatic heterocycles. The molecule has 4 heteroatoms. The molecule has 0 N–H and O–H groups in total. The second-order valence-electron chi connectivity index (χ2n) is 1.07. The normalized spacial score (nSPS) is 54.0. The van der Waals surface area contributed by atoms with Gasteiger partial charge in [-0.25, -0.2) is 0 Å².